The zero-order valence-electron chi connectivity index (χ0n) is 18.3. The highest BCUT2D eigenvalue weighted by atomic mass is 19.4. The molecule has 0 spiro atoms. The van der Waals surface area contributed by atoms with Crippen LogP contribution in [0.5, 0.6) is 5.88 Å². The maximum atomic E-state index is 13.2. The molecule has 0 radical (unpaired) electrons. The number of hydrogen-bond acceptors (Lipinski definition) is 5. The van der Waals surface area contributed by atoms with Gasteiger partial charge in [-0.2, -0.15) is 18.3 Å². The third-order valence-electron chi connectivity index (χ3n) is 5.75. The van der Waals surface area contributed by atoms with Crippen molar-refractivity contribution in [3.63, 3.8) is 0 Å². The lowest BCUT2D eigenvalue weighted by Crippen LogP contribution is -2.48. The van der Waals surface area contributed by atoms with Gasteiger partial charge >= 0.3 is 6.18 Å². The predicted molar refractivity (Wildman–Crippen MR) is 109 cm³/mol. The molecule has 0 saturated carbocycles. The summed E-state index contributed by atoms with van der Waals surface area (Å²) >= 11 is 0. The molecule has 2 atom stereocenters. The Balaban J connectivity index is 1.70. The molecule has 1 amide bonds. The fourth-order valence-electron chi connectivity index (χ4n) is 3.74. The number of alkyl halides is 3. The molecule has 1 fully saturated rings. The van der Waals surface area contributed by atoms with Crippen molar-refractivity contribution in [3.05, 3.63) is 41.3 Å². The smallest absolute Gasteiger partial charge is 0.421 e. The van der Waals surface area contributed by atoms with Crippen molar-refractivity contribution in [1.29, 1.82) is 0 Å². The van der Waals surface area contributed by atoms with E-state index < -0.39 is 23.0 Å². The zero-order valence-corrected chi connectivity index (χ0v) is 18.3. The van der Waals surface area contributed by atoms with Gasteiger partial charge in [0, 0.05) is 44.0 Å². The largest absolute Gasteiger partial charge is 0.476 e. The first-order valence-corrected chi connectivity index (χ1v) is 10.0. The van der Waals surface area contributed by atoms with E-state index in [1.54, 1.807) is 18.5 Å². The number of carbonyl (C=O) groups is 1. The molecule has 7 nitrogen and oxygen atoms in total. The van der Waals surface area contributed by atoms with Crippen LogP contribution in [0.4, 0.5) is 13.2 Å². The number of likely N-dealkylation sites (tertiary alicyclic amines) is 1. The Bertz CT molecular complexity index is 941. The SMILES string of the molecule is Cc1c([C@H]2CN(C)C[C@@H]2NC(=O)C(C)(C)COc2ncccc2C(F)(F)F)cnn1C. The molecule has 0 bridgehead atoms. The topological polar surface area (TPSA) is 72.3 Å². The number of pyridine rings is 1. The Morgan fingerprint density at radius 3 is 2.61 bits per heavy atom. The van der Waals surface area contributed by atoms with E-state index >= 15 is 0 Å². The summed E-state index contributed by atoms with van der Waals surface area (Å²) < 4.78 is 46.6. The quantitative estimate of drug-likeness (QED) is 0.750. The second-order valence-corrected chi connectivity index (χ2v) is 8.74. The van der Waals surface area contributed by atoms with Crippen molar-refractivity contribution in [2.45, 2.75) is 38.9 Å². The summed E-state index contributed by atoms with van der Waals surface area (Å²) in [4.78, 5) is 18.9. The van der Waals surface area contributed by atoms with Gasteiger partial charge in [-0.15, -0.1) is 0 Å². The summed E-state index contributed by atoms with van der Waals surface area (Å²) in [6.45, 7) is 6.47. The molecule has 10 heteroatoms. The van der Waals surface area contributed by atoms with Gasteiger partial charge in [-0.1, -0.05) is 0 Å². The van der Waals surface area contributed by atoms with Crippen molar-refractivity contribution >= 4 is 5.91 Å². The van der Waals surface area contributed by atoms with E-state index in [0.29, 0.717) is 6.54 Å². The van der Waals surface area contributed by atoms with Crippen molar-refractivity contribution in [1.82, 2.24) is 25.0 Å². The summed E-state index contributed by atoms with van der Waals surface area (Å²) in [6, 6.07) is 1.97. The number of likely N-dealkylation sites (N-methyl/N-ethyl adjacent to an activating group) is 1. The number of hydrogen-bond donors (Lipinski definition) is 1. The summed E-state index contributed by atoms with van der Waals surface area (Å²) in [5.74, 6) is -0.740. The molecule has 1 saturated heterocycles. The average molecular weight is 439 g/mol. The summed E-state index contributed by atoms with van der Waals surface area (Å²) in [7, 11) is 3.86. The molecule has 0 aromatic carbocycles. The molecule has 31 heavy (non-hydrogen) atoms. The molecule has 3 rings (SSSR count). The van der Waals surface area contributed by atoms with E-state index in [1.807, 2.05) is 27.2 Å². The van der Waals surface area contributed by atoms with Gasteiger partial charge in [0.05, 0.1) is 11.6 Å². The number of amides is 1. The third-order valence-corrected chi connectivity index (χ3v) is 5.75. The molecular weight excluding hydrogens is 411 g/mol. The van der Waals surface area contributed by atoms with Crippen molar-refractivity contribution < 1.29 is 22.7 Å². The Labute approximate surface area is 179 Å². The molecular formula is C21H28F3N5O2. The van der Waals surface area contributed by atoms with E-state index in [0.717, 1.165) is 23.9 Å². The van der Waals surface area contributed by atoms with Gasteiger partial charge in [0.1, 0.15) is 12.2 Å². The Hall–Kier alpha value is -2.62. The zero-order chi connectivity index (χ0) is 23.0. The summed E-state index contributed by atoms with van der Waals surface area (Å²) in [6.07, 6.45) is -1.53. The molecule has 3 heterocycles. The van der Waals surface area contributed by atoms with Gasteiger partial charge in [-0.05, 0) is 45.5 Å². The van der Waals surface area contributed by atoms with Crippen LogP contribution in [0.1, 0.15) is 36.6 Å². The lowest BCUT2D eigenvalue weighted by molar-refractivity contribution is -0.139. The van der Waals surface area contributed by atoms with E-state index in [-0.39, 0.29) is 24.5 Å². The summed E-state index contributed by atoms with van der Waals surface area (Å²) in [5, 5.41) is 7.38. The number of aromatic nitrogens is 3. The first-order valence-electron chi connectivity index (χ1n) is 10.0. The van der Waals surface area contributed by atoms with Crippen LogP contribution in [0.2, 0.25) is 0 Å². The fourth-order valence-corrected chi connectivity index (χ4v) is 3.74. The Kier molecular flexibility index (Phi) is 6.31. The minimum Gasteiger partial charge on any atom is -0.476 e. The highest BCUT2D eigenvalue weighted by Gasteiger charge is 2.39. The van der Waals surface area contributed by atoms with E-state index in [2.05, 4.69) is 20.3 Å². The van der Waals surface area contributed by atoms with Crippen LogP contribution >= 0.6 is 0 Å². The predicted octanol–water partition coefficient (Wildman–Crippen LogP) is 2.76. The van der Waals surface area contributed by atoms with Gasteiger partial charge in [-0.3, -0.25) is 9.48 Å². The van der Waals surface area contributed by atoms with Gasteiger partial charge in [0.25, 0.3) is 0 Å². The molecule has 0 unspecified atom stereocenters. The van der Waals surface area contributed by atoms with Gasteiger partial charge < -0.3 is 15.0 Å². The number of aryl methyl sites for hydroxylation is 1. The second-order valence-electron chi connectivity index (χ2n) is 8.74. The van der Waals surface area contributed by atoms with Gasteiger partial charge in [0.15, 0.2) is 0 Å². The first kappa shape index (κ1) is 23.1. The molecule has 0 aliphatic carbocycles. The standard InChI is InChI=1S/C21H28F3N5O2/c1-13-14(9-26-29(13)5)15-10-28(4)11-17(15)27-19(30)20(2,3)12-31-18-16(21(22,23)24)7-6-8-25-18/h6-9,15,17H,10-12H2,1-5H3,(H,27,30)/t15-,17+/m1/s1. The number of rotatable bonds is 6. The molecule has 1 aliphatic rings. The van der Waals surface area contributed by atoms with Crippen molar-refractivity contribution in [2.75, 3.05) is 26.7 Å². The van der Waals surface area contributed by atoms with Crippen LogP contribution in [0.3, 0.4) is 0 Å². The third kappa shape index (κ3) is 5.00. The van der Waals surface area contributed by atoms with Crippen LogP contribution in [-0.4, -0.2) is 58.4 Å². The molecule has 1 aliphatic heterocycles. The molecule has 2 aromatic rings. The monoisotopic (exact) mass is 439 g/mol. The molecule has 2 aromatic heterocycles. The van der Waals surface area contributed by atoms with Crippen LogP contribution in [0.15, 0.2) is 24.5 Å². The Morgan fingerprint density at radius 2 is 2.00 bits per heavy atom. The lowest BCUT2D eigenvalue weighted by atomic mass is 9.90. The van der Waals surface area contributed by atoms with Crippen molar-refractivity contribution in [2.24, 2.45) is 12.5 Å². The first-order chi connectivity index (χ1) is 14.4. The van der Waals surface area contributed by atoms with Crippen LogP contribution in [-0.2, 0) is 18.0 Å². The van der Waals surface area contributed by atoms with Crippen LogP contribution < -0.4 is 10.1 Å². The van der Waals surface area contributed by atoms with E-state index in [9.17, 15) is 18.0 Å². The van der Waals surface area contributed by atoms with E-state index in [4.69, 9.17) is 4.74 Å². The van der Waals surface area contributed by atoms with Crippen LogP contribution in [0.25, 0.3) is 0 Å². The molecule has 170 valence electrons. The number of nitrogens with zero attached hydrogens (tertiary/aromatic N) is 4. The molecule has 1 N–H and O–H groups in total. The van der Waals surface area contributed by atoms with Gasteiger partial charge in [-0.25, -0.2) is 4.98 Å². The minimum atomic E-state index is -4.58. The highest BCUT2D eigenvalue weighted by Crippen LogP contribution is 2.35. The lowest BCUT2D eigenvalue weighted by Gasteiger charge is -2.28. The minimum absolute atomic E-state index is 0.0759. The van der Waals surface area contributed by atoms with E-state index in [1.165, 1.54) is 12.3 Å². The Morgan fingerprint density at radius 1 is 1.29 bits per heavy atom. The van der Waals surface area contributed by atoms with Crippen LogP contribution in [0, 0.1) is 12.3 Å². The number of carbonyl (C=O) groups excluding carboxylic acids is 1. The number of halogens is 3. The maximum absolute atomic E-state index is 13.2. The number of nitrogens with one attached hydrogen (secondary N) is 1. The normalized spacial score (nSPS) is 20.1. The summed E-state index contributed by atoms with van der Waals surface area (Å²) in [5.41, 5.74) is 0.0954. The maximum Gasteiger partial charge on any atom is 0.421 e. The highest BCUT2D eigenvalue weighted by molar-refractivity contribution is 5.82. The number of ether oxygens (including phenoxy) is 1. The van der Waals surface area contributed by atoms with Gasteiger partial charge in [0.2, 0.25) is 11.8 Å². The fraction of sp³-hybridized carbons (Fsp3) is 0.571. The second kappa shape index (κ2) is 8.49. The van der Waals surface area contributed by atoms with Crippen molar-refractivity contribution in [3.8, 4) is 5.88 Å². The average Bonchev–Trinajstić information content (AvgIpc) is 3.21.